The molecule has 0 saturated heterocycles. The Balaban J connectivity index is 2.02. The first-order chi connectivity index (χ1) is 8.35. The number of fused-ring (bicyclic) bond motifs is 1. The van der Waals surface area contributed by atoms with Crippen LogP contribution < -0.4 is 0 Å². The third kappa shape index (κ3) is 3.10. The Labute approximate surface area is 108 Å². The predicted octanol–water partition coefficient (Wildman–Crippen LogP) is 3.14. The molecule has 18 heavy (non-hydrogen) atoms. The zero-order valence-corrected chi connectivity index (χ0v) is 11.4. The molecule has 0 saturated carbocycles. The molecule has 0 aromatic heterocycles. The summed E-state index contributed by atoms with van der Waals surface area (Å²) in [6, 6.07) is 5.47. The van der Waals surface area contributed by atoms with Crippen LogP contribution in [0.3, 0.4) is 0 Å². The quantitative estimate of drug-likeness (QED) is 0.892. The van der Waals surface area contributed by atoms with Crippen LogP contribution in [0.1, 0.15) is 48.7 Å². The van der Waals surface area contributed by atoms with E-state index >= 15 is 0 Å². The van der Waals surface area contributed by atoms with E-state index < -0.39 is 5.97 Å². The molecule has 0 amide bonds. The molecule has 0 bridgehead atoms. The van der Waals surface area contributed by atoms with Gasteiger partial charge >= 0.3 is 5.97 Å². The number of hydrogen-bond acceptors (Lipinski definition) is 2. The van der Waals surface area contributed by atoms with E-state index in [0.717, 1.165) is 26.1 Å². The van der Waals surface area contributed by atoms with Gasteiger partial charge in [-0.3, -0.25) is 4.90 Å². The molecule has 3 nitrogen and oxygen atoms in total. The minimum atomic E-state index is -0.842. The molecule has 98 valence electrons. The van der Waals surface area contributed by atoms with Crippen molar-refractivity contribution in [2.75, 3.05) is 6.54 Å². The Morgan fingerprint density at radius 2 is 1.94 bits per heavy atom. The van der Waals surface area contributed by atoms with Gasteiger partial charge in [0.1, 0.15) is 0 Å². The topological polar surface area (TPSA) is 40.5 Å². The average Bonchev–Trinajstić information content (AvgIpc) is 2.66. The van der Waals surface area contributed by atoms with Crippen molar-refractivity contribution in [3.8, 4) is 0 Å². The normalized spacial score (nSPS) is 15.7. The van der Waals surface area contributed by atoms with E-state index in [0.29, 0.717) is 11.0 Å². The van der Waals surface area contributed by atoms with Crippen LogP contribution >= 0.6 is 0 Å². The highest BCUT2D eigenvalue weighted by atomic mass is 16.4. The molecule has 1 heterocycles. The second-order valence-corrected chi connectivity index (χ2v) is 6.31. The summed E-state index contributed by atoms with van der Waals surface area (Å²) in [5, 5.41) is 8.98. The molecule has 1 aliphatic rings. The molecule has 1 aromatic rings. The van der Waals surface area contributed by atoms with Crippen molar-refractivity contribution < 1.29 is 9.90 Å². The summed E-state index contributed by atoms with van der Waals surface area (Å²) in [5.41, 5.74) is 3.19. The molecule has 1 N–H and O–H groups in total. The predicted molar refractivity (Wildman–Crippen MR) is 71.6 cm³/mol. The van der Waals surface area contributed by atoms with E-state index in [1.54, 1.807) is 6.07 Å². The fourth-order valence-electron chi connectivity index (χ4n) is 2.25. The van der Waals surface area contributed by atoms with Crippen molar-refractivity contribution in [1.82, 2.24) is 4.90 Å². The standard InChI is InChI=1S/C15H21NO2/c1-15(2,3)6-7-16-9-12-5-4-11(14(17)18)8-13(12)10-16/h4-5,8H,6-7,9-10H2,1-3H3,(H,17,18). The van der Waals surface area contributed by atoms with Crippen LogP contribution in [0.2, 0.25) is 0 Å². The molecule has 0 atom stereocenters. The molecular formula is C15H21NO2. The van der Waals surface area contributed by atoms with Gasteiger partial charge in [0.25, 0.3) is 0 Å². The van der Waals surface area contributed by atoms with Crippen LogP contribution in [-0.4, -0.2) is 22.5 Å². The lowest BCUT2D eigenvalue weighted by atomic mass is 9.92. The Bertz CT molecular complexity index is 460. The van der Waals surface area contributed by atoms with Crippen LogP contribution in [0, 0.1) is 5.41 Å². The zero-order valence-electron chi connectivity index (χ0n) is 11.4. The van der Waals surface area contributed by atoms with E-state index in [-0.39, 0.29) is 0 Å². The van der Waals surface area contributed by atoms with E-state index in [9.17, 15) is 4.79 Å². The first kappa shape index (κ1) is 13.1. The van der Waals surface area contributed by atoms with E-state index in [1.165, 1.54) is 11.1 Å². The monoisotopic (exact) mass is 247 g/mol. The summed E-state index contributed by atoms with van der Waals surface area (Å²) < 4.78 is 0. The van der Waals surface area contributed by atoms with Crippen LogP contribution in [0.15, 0.2) is 18.2 Å². The molecule has 0 spiro atoms. The van der Waals surface area contributed by atoms with Crippen molar-refractivity contribution >= 4 is 5.97 Å². The van der Waals surface area contributed by atoms with Gasteiger partial charge in [-0.1, -0.05) is 26.8 Å². The fraction of sp³-hybridized carbons (Fsp3) is 0.533. The van der Waals surface area contributed by atoms with Crippen LogP contribution in [0.25, 0.3) is 0 Å². The van der Waals surface area contributed by atoms with Gasteiger partial charge in [-0.15, -0.1) is 0 Å². The number of carboxylic acids is 1. The number of benzene rings is 1. The Morgan fingerprint density at radius 3 is 2.56 bits per heavy atom. The summed E-state index contributed by atoms with van der Waals surface area (Å²) in [5.74, 6) is -0.842. The summed E-state index contributed by atoms with van der Waals surface area (Å²) in [6.07, 6.45) is 1.16. The molecule has 0 aliphatic carbocycles. The smallest absolute Gasteiger partial charge is 0.335 e. The van der Waals surface area contributed by atoms with Crippen molar-refractivity contribution in [2.45, 2.75) is 40.3 Å². The van der Waals surface area contributed by atoms with E-state index in [4.69, 9.17) is 5.11 Å². The van der Waals surface area contributed by atoms with E-state index in [2.05, 4.69) is 25.7 Å². The third-order valence-corrected chi connectivity index (χ3v) is 3.42. The lowest BCUT2D eigenvalue weighted by Gasteiger charge is -2.22. The largest absolute Gasteiger partial charge is 0.478 e. The minimum absolute atomic E-state index is 0.348. The Kier molecular flexibility index (Phi) is 3.44. The highest BCUT2D eigenvalue weighted by Gasteiger charge is 2.21. The Hall–Kier alpha value is -1.35. The first-order valence-corrected chi connectivity index (χ1v) is 6.43. The average molecular weight is 247 g/mol. The zero-order chi connectivity index (χ0) is 13.3. The van der Waals surface area contributed by atoms with Crippen LogP contribution in [0.5, 0.6) is 0 Å². The second-order valence-electron chi connectivity index (χ2n) is 6.31. The van der Waals surface area contributed by atoms with Gasteiger partial charge in [0, 0.05) is 13.1 Å². The van der Waals surface area contributed by atoms with Crippen molar-refractivity contribution in [3.05, 3.63) is 34.9 Å². The van der Waals surface area contributed by atoms with Gasteiger partial charge in [-0.05, 0) is 41.6 Å². The maximum atomic E-state index is 10.9. The highest BCUT2D eigenvalue weighted by Crippen LogP contribution is 2.26. The van der Waals surface area contributed by atoms with Crippen LogP contribution in [0.4, 0.5) is 0 Å². The number of rotatable bonds is 3. The van der Waals surface area contributed by atoms with Crippen molar-refractivity contribution in [1.29, 1.82) is 0 Å². The van der Waals surface area contributed by atoms with E-state index in [1.807, 2.05) is 12.1 Å². The summed E-state index contributed by atoms with van der Waals surface area (Å²) in [6.45, 7) is 9.65. The maximum Gasteiger partial charge on any atom is 0.335 e. The summed E-state index contributed by atoms with van der Waals surface area (Å²) >= 11 is 0. The number of carbonyl (C=O) groups is 1. The van der Waals surface area contributed by atoms with Gasteiger partial charge in [0.2, 0.25) is 0 Å². The number of carboxylic acid groups (broad SMARTS) is 1. The maximum absolute atomic E-state index is 10.9. The number of hydrogen-bond donors (Lipinski definition) is 1. The lowest BCUT2D eigenvalue weighted by molar-refractivity contribution is 0.0696. The van der Waals surface area contributed by atoms with Crippen LogP contribution in [-0.2, 0) is 13.1 Å². The molecule has 3 heteroatoms. The number of aromatic carboxylic acids is 1. The molecule has 1 aromatic carbocycles. The Morgan fingerprint density at radius 1 is 1.28 bits per heavy atom. The van der Waals surface area contributed by atoms with Crippen molar-refractivity contribution in [3.63, 3.8) is 0 Å². The third-order valence-electron chi connectivity index (χ3n) is 3.42. The minimum Gasteiger partial charge on any atom is -0.478 e. The fourth-order valence-corrected chi connectivity index (χ4v) is 2.25. The summed E-state index contributed by atoms with van der Waals surface area (Å²) in [7, 11) is 0. The van der Waals surface area contributed by atoms with Crippen molar-refractivity contribution in [2.24, 2.45) is 5.41 Å². The lowest BCUT2D eigenvalue weighted by Crippen LogP contribution is -2.22. The molecule has 0 radical (unpaired) electrons. The molecule has 1 aliphatic heterocycles. The highest BCUT2D eigenvalue weighted by molar-refractivity contribution is 5.87. The summed E-state index contributed by atoms with van der Waals surface area (Å²) in [4.78, 5) is 13.3. The number of nitrogens with zero attached hydrogens (tertiary/aromatic N) is 1. The van der Waals surface area contributed by atoms with Gasteiger partial charge in [0.05, 0.1) is 5.56 Å². The molecule has 0 fully saturated rings. The molecular weight excluding hydrogens is 226 g/mol. The van der Waals surface area contributed by atoms with Gasteiger partial charge in [0.15, 0.2) is 0 Å². The van der Waals surface area contributed by atoms with Gasteiger partial charge < -0.3 is 5.11 Å². The van der Waals surface area contributed by atoms with Gasteiger partial charge in [-0.25, -0.2) is 4.79 Å². The molecule has 0 unspecified atom stereocenters. The first-order valence-electron chi connectivity index (χ1n) is 6.43. The van der Waals surface area contributed by atoms with Gasteiger partial charge in [-0.2, -0.15) is 0 Å². The molecule has 2 rings (SSSR count). The second kappa shape index (κ2) is 4.73. The SMILES string of the molecule is CC(C)(C)CCN1Cc2ccc(C(=O)O)cc2C1.